The summed E-state index contributed by atoms with van der Waals surface area (Å²) in [5.74, 6) is -1.14. The Morgan fingerprint density at radius 2 is 1.79 bits per heavy atom. The van der Waals surface area contributed by atoms with Crippen molar-refractivity contribution in [1.82, 2.24) is 4.90 Å². The number of hydrogen-bond acceptors (Lipinski definition) is 7. The van der Waals surface area contributed by atoms with E-state index in [1.54, 1.807) is 0 Å². The van der Waals surface area contributed by atoms with Crippen LogP contribution in [0.25, 0.3) is 6.08 Å². The van der Waals surface area contributed by atoms with Gasteiger partial charge in [0.15, 0.2) is 0 Å². The standard InChI is InChI=1S/C18H13N3O6S/c22-14-7-3-12(4-8-14)19-16(23)10-20-17(24)15(28-18(20)25)9-11-1-5-13(6-2-11)21(26)27/h1-9,22H,10H2,(H,19,23)/b15-9-. The van der Waals surface area contributed by atoms with E-state index in [-0.39, 0.29) is 16.3 Å². The molecule has 1 saturated heterocycles. The summed E-state index contributed by atoms with van der Waals surface area (Å²) in [7, 11) is 0. The van der Waals surface area contributed by atoms with E-state index in [0.29, 0.717) is 23.0 Å². The van der Waals surface area contributed by atoms with E-state index in [0.717, 1.165) is 4.90 Å². The molecule has 0 saturated carbocycles. The smallest absolute Gasteiger partial charge is 0.294 e. The Kier molecular flexibility index (Phi) is 5.41. The highest BCUT2D eigenvalue weighted by Gasteiger charge is 2.36. The van der Waals surface area contributed by atoms with Crippen molar-refractivity contribution in [3.8, 4) is 5.75 Å². The first kappa shape index (κ1) is 19.1. The van der Waals surface area contributed by atoms with Gasteiger partial charge < -0.3 is 10.4 Å². The molecule has 2 N–H and O–H groups in total. The van der Waals surface area contributed by atoms with Gasteiger partial charge >= 0.3 is 0 Å². The summed E-state index contributed by atoms with van der Waals surface area (Å²) >= 11 is 0.689. The zero-order valence-electron chi connectivity index (χ0n) is 14.2. The molecule has 2 aromatic rings. The van der Waals surface area contributed by atoms with Gasteiger partial charge in [-0.25, -0.2) is 0 Å². The highest BCUT2D eigenvalue weighted by Crippen LogP contribution is 2.32. The molecule has 0 atom stereocenters. The van der Waals surface area contributed by atoms with Crippen molar-refractivity contribution in [2.75, 3.05) is 11.9 Å². The SMILES string of the molecule is O=C(CN1C(=O)S/C(=C\c2ccc([N+](=O)[O-])cc2)C1=O)Nc1ccc(O)cc1. The molecule has 9 nitrogen and oxygen atoms in total. The minimum atomic E-state index is -0.616. The Hall–Kier alpha value is -3.66. The molecular formula is C18H13N3O6S. The highest BCUT2D eigenvalue weighted by atomic mass is 32.2. The van der Waals surface area contributed by atoms with Crippen LogP contribution in [0.3, 0.4) is 0 Å². The molecule has 0 aliphatic carbocycles. The van der Waals surface area contributed by atoms with Crippen molar-refractivity contribution >= 4 is 46.3 Å². The molecule has 0 radical (unpaired) electrons. The summed E-state index contributed by atoms with van der Waals surface area (Å²) in [4.78, 5) is 47.7. The predicted molar refractivity (Wildman–Crippen MR) is 103 cm³/mol. The molecule has 10 heteroatoms. The molecule has 0 unspecified atom stereocenters. The average molecular weight is 399 g/mol. The van der Waals surface area contributed by atoms with Gasteiger partial charge in [0.05, 0.1) is 9.83 Å². The van der Waals surface area contributed by atoms with Crippen molar-refractivity contribution in [2.45, 2.75) is 0 Å². The molecule has 3 rings (SSSR count). The van der Waals surface area contributed by atoms with Crippen LogP contribution in [0, 0.1) is 10.1 Å². The van der Waals surface area contributed by atoms with Crippen molar-refractivity contribution in [3.05, 3.63) is 69.1 Å². The van der Waals surface area contributed by atoms with Crippen LogP contribution >= 0.6 is 11.8 Å². The van der Waals surface area contributed by atoms with Gasteiger partial charge in [-0.2, -0.15) is 0 Å². The van der Waals surface area contributed by atoms with Crippen LogP contribution in [-0.2, 0) is 9.59 Å². The van der Waals surface area contributed by atoms with Gasteiger partial charge in [-0.15, -0.1) is 0 Å². The Labute approximate surface area is 162 Å². The summed E-state index contributed by atoms with van der Waals surface area (Å²) in [6.45, 7) is -0.455. The maximum atomic E-state index is 12.4. The Morgan fingerprint density at radius 3 is 2.39 bits per heavy atom. The number of carbonyl (C=O) groups excluding carboxylic acids is 3. The van der Waals surface area contributed by atoms with E-state index in [4.69, 9.17) is 0 Å². The van der Waals surface area contributed by atoms with Crippen molar-refractivity contribution in [3.63, 3.8) is 0 Å². The number of phenols is 1. The van der Waals surface area contributed by atoms with Crippen LogP contribution in [0.4, 0.5) is 16.2 Å². The minimum absolute atomic E-state index is 0.0420. The van der Waals surface area contributed by atoms with Crippen molar-refractivity contribution in [1.29, 1.82) is 0 Å². The van der Waals surface area contributed by atoms with Gasteiger partial charge in [-0.05, 0) is 59.8 Å². The number of nitrogens with zero attached hydrogens (tertiary/aromatic N) is 2. The van der Waals surface area contributed by atoms with E-state index in [9.17, 15) is 29.6 Å². The maximum absolute atomic E-state index is 12.4. The second kappa shape index (κ2) is 7.92. The molecule has 1 fully saturated rings. The number of phenolic OH excluding ortho intramolecular Hbond substituents is 1. The summed E-state index contributed by atoms with van der Waals surface area (Å²) in [6.07, 6.45) is 1.44. The average Bonchev–Trinajstić information content (AvgIpc) is 2.91. The molecule has 0 spiro atoms. The number of nitro groups is 1. The normalized spacial score (nSPS) is 15.1. The van der Waals surface area contributed by atoms with Gasteiger partial charge in [0, 0.05) is 17.8 Å². The zero-order valence-corrected chi connectivity index (χ0v) is 15.0. The molecule has 28 heavy (non-hydrogen) atoms. The lowest BCUT2D eigenvalue weighted by Gasteiger charge is -2.12. The Balaban J connectivity index is 1.68. The molecule has 1 aliphatic heterocycles. The fourth-order valence-corrected chi connectivity index (χ4v) is 3.21. The molecule has 0 bridgehead atoms. The third kappa shape index (κ3) is 4.35. The molecule has 1 heterocycles. The van der Waals surface area contributed by atoms with Crippen molar-refractivity contribution < 1.29 is 24.4 Å². The number of anilines is 1. The number of hydrogen-bond donors (Lipinski definition) is 2. The summed E-state index contributed by atoms with van der Waals surface area (Å²) in [5, 5.41) is 21.9. The first-order chi connectivity index (χ1) is 13.3. The number of aromatic hydroxyl groups is 1. The third-order valence-corrected chi connectivity index (χ3v) is 4.64. The van der Waals surface area contributed by atoms with Gasteiger partial charge in [-0.1, -0.05) is 0 Å². The monoisotopic (exact) mass is 399 g/mol. The largest absolute Gasteiger partial charge is 0.508 e. The van der Waals surface area contributed by atoms with E-state index >= 15 is 0 Å². The van der Waals surface area contributed by atoms with Crippen LogP contribution in [0.15, 0.2) is 53.4 Å². The number of benzene rings is 2. The second-order valence-electron chi connectivity index (χ2n) is 5.71. The molecule has 3 amide bonds. The fraction of sp³-hybridized carbons (Fsp3) is 0.0556. The van der Waals surface area contributed by atoms with E-state index in [2.05, 4.69) is 5.32 Å². The lowest BCUT2D eigenvalue weighted by Crippen LogP contribution is -2.36. The number of rotatable bonds is 5. The zero-order chi connectivity index (χ0) is 20.3. The number of non-ortho nitro benzene ring substituents is 1. The number of nitro benzene ring substituents is 1. The third-order valence-electron chi connectivity index (χ3n) is 3.73. The number of imide groups is 1. The number of thioether (sulfide) groups is 1. The van der Waals surface area contributed by atoms with Crippen LogP contribution < -0.4 is 5.32 Å². The fourth-order valence-electron chi connectivity index (χ4n) is 2.37. The van der Waals surface area contributed by atoms with Crippen LogP contribution in [0.1, 0.15) is 5.56 Å². The number of amides is 3. The molecule has 1 aliphatic rings. The molecule has 2 aromatic carbocycles. The van der Waals surface area contributed by atoms with Crippen LogP contribution in [0.5, 0.6) is 5.75 Å². The number of nitrogens with one attached hydrogen (secondary N) is 1. The molecular weight excluding hydrogens is 386 g/mol. The van der Waals surface area contributed by atoms with Gasteiger partial charge in [0.2, 0.25) is 5.91 Å². The second-order valence-corrected chi connectivity index (χ2v) is 6.70. The van der Waals surface area contributed by atoms with Gasteiger partial charge in [0.1, 0.15) is 12.3 Å². The summed E-state index contributed by atoms with van der Waals surface area (Å²) in [6, 6.07) is 11.3. The molecule has 0 aromatic heterocycles. The van der Waals surface area contributed by atoms with E-state index in [1.807, 2.05) is 0 Å². The number of carbonyl (C=O) groups is 3. The van der Waals surface area contributed by atoms with Crippen LogP contribution in [0.2, 0.25) is 0 Å². The van der Waals surface area contributed by atoms with E-state index < -0.39 is 28.5 Å². The van der Waals surface area contributed by atoms with Crippen molar-refractivity contribution in [2.24, 2.45) is 0 Å². The predicted octanol–water partition coefficient (Wildman–Crippen LogP) is 2.98. The quantitative estimate of drug-likeness (QED) is 0.342. The molecule has 142 valence electrons. The van der Waals surface area contributed by atoms with E-state index in [1.165, 1.54) is 54.6 Å². The van der Waals surface area contributed by atoms with Gasteiger partial charge in [-0.3, -0.25) is 29.4 Å². The van der Waals surface area contributed by atoms with Crippen LogP contribution in [-0.4, -0.2) is 38.5 Å². The Morgan fingerprint density at radius 1 is 1.14 bits per heavy atom. The lowest BCUT2D eigenvalue weighted by molar-refractivity contribution is -0.384. The topological polar surface area (TPSA) is 130 Å². The summed E-state index contributed by atoms with van der Waals surface area (Å²) in [5.41, 5.74) is 0.844. The first-order valence-corrected chi connectivity index (χ1v) is 8.74. The lowest BCUT2D eigenvalue weighted by atomic mass is 10.2. The van der Waals surface area contributed by atoms with Gasteiger partial charge in [0.25, 0.3) is 16.8 Å². The minimum Gasteiger partial charge on any atom is -0.508 e. The maximum Gasteiger partial charge on any atom is 0.294 e. The first-order valence-electron chi connectivity index (χ1n) is 7.92. The Bertz CT molecular complexity index is 985. The highest BCUT2D eigenvalue weighted by molar-refractivity contribution is 8.18. The summed E-state index contributed by atoms with van der Waals surface area (Å²) < 4.78 is 0.